The van der Waals surface area contributed by atoms with Crippen LogP contribution in [0.4, 0.5) is 0 Å². The minimum absolute atomic E-state index is 0.551. The first-order chi connectivity index (χ1) is 9.15. The maximum absolute atomic E-state index is 10.5. The number of thiophene rings is 1. The minimum atomic E-state index is -0.640. The van der Waals surface area contributed by atoms with Crippen molar-refractivity contribution in [3.63, 3.8) is 0 Å². The largest absolute Gasteiger partial charge is 0.486 e. The number of ether oxygens (including phenoxy) is 2. The van der Waals surface area contributed by atoms with Gasteiger partial charge in [0.1, 0.15) is 19.3 Å². The minimum Gasteiger partial charge on any atom is -0.486 e. The van der Waals surface area contributed by atoms with E-state index in [1.807, 2.05) is 31.2 Å². The smallest absolute Gasteiger partial charge is 0.161 e. The van der Waals surface area contributed by atoms with E-state index in [1.54, 1.807) is 11.3 Å². The van der Waals surface area contributed by atoms with E-state index in [0.29, 0.717) is 19.0 Å². The molecule has 0 spiro atoms. The number of rotatable bonds is 2. The summed E-state index contributed by atoms with van der Waals surface area (Å²) in [6, 6.07) is 7.54. The van der Waals surface area contributed by atoms with Gasteiger partial charge in [-0.2, -0.15) is 0 Å². The van der Waals surface area contributed by atoms with E-state index in [4.69, 9.17) is 9.47 Å². The SMILES string of the molecule is Cc1sc(Br)cc1C(O)c1ccc2c(c1)OCCO2. The number of hydrogen-bond acceptors (Lipinski definition) is 4. The normalized spacial score (nSPS) is 15.3. The van der Waals surface area contributed by atoms with Crippen LogP contribution in [0.2, 0.25) is 0 Å². The van der Waals surface area contributed by atoms with Crippen LogP contribution in [0.3, 0.4) is 0 Å². The molecule has 5 heteroatoms. The van der Waals surface area contributed by atoms with Crippen molar-refractivity contribution in [2.75, 3.05) is 13.2 Å². The molecule has 0 amide bonds. The van der Waals surface area contributed by atoms with Crippen molar-refractivity contribution in [3.8, 4) is 11.5 Å². The first-order valence-electron chi connectivity index (χ1n) is 5.98. The summed E-state index contributed by atoms with van der Waals surface area (Å²) in [4.78, 5) is 1.11. The predicted molar refractivity (Wildman–Crippen MR) is 78.2 cm³/mol. The zero-order valence-corrected chi connectivity index (χ0v) is 12.8. The van der Waals surface area contributed by atoms with Crippen molar-refractivity contribution in [3.05, 3.63) is 44.1 Å². The lowest BCUT2D eigenvalue weighted by molar-refractivity contribution is 0.169. The van der Waals surface area contributed by atoms with Crippen LogP contribution in [0.15, 0.2) is 28.1 Å². The van der Waals surface area contributed by atoms with Crippen molar-refractivity contribution < 1.29 is 14.6 Å². The monoisotopic (exact) mass is 340 g/mol. The van der Waals surface area contributed by atoms with Gasteiger partial charge in [-0.1, -0.05) is 6.07 Å². The number of benzene rings is 1. The molecule has 19 heavy (non-hydrogen) atoms. The maximum atomic E-state index is 10.5. The molecule has 1 N–H and O–H groups in total. The molecular formula is C14H13BrO3S. The van der Waals surface area contributed by atoms with E-state index < -0.39 is 6.10 Å². The number of halogens is 1. The van der Waals surface area contributed by atoms with Gasteiger partial charge in [0.05, 0.1) is 3.79 Å². The van der Waals surface area contributed by atoms with E-state index in [0.717, 1.165) is 25.5 Å². The quantitative estimate of drug-likeness (QED) is 0.906. The summed E-state index contributed by atoms with van der Waals surface area (Å²) in [5, 5.41) is 10.5. The highest BCUT2D eigenvalue weighted by Gasteiger charge is 2.19. The Morgan fingerprint density at radius 3 is 2.63 bits per heavy atom. The van der Waals surface area contributed by atoms with Crippen LogP contribution in [-0.2, 0) is 0 Å². The third-order valence-corrected chi connectivity index (χ3v) is 4.67. The van der Waals surface area contributed by atoms with Crippen molar-refractivity contribution >= 4 is 27.3 Å². The Morgan fingerprint density at radius 1 is 1.21 bits per heavy atom. The molecule has 0 aliphatic carbocycles. The molecule has 1 unspecified atom stereocenters. The van der Waals surface area contributed by atoms with Crippen LogP contribution in [0.25, 0.3) is 0 Å². The molecule has 2 heterocycles. The average molecular weight is 341 g/mol. The Morgan fingerprint density at radius 2 is 1.95 bits per heavy atom. The van der Waals surface area contributed by atoms with Crippen LogP contribution < -0.4 is 9.47 Å². The highest BCUT2D eigenvalue weighted by atomic mass is 79.9. The van der Waals surface area contributed by atoms with Crippen molar-refractivity contribution in [2.45, 2.75) is 13.0 Å². The zero-order chi connectivity index (χ0) is 13.4. The Kier molecular flexibility index (Phi) is 3.52. The van der Waals surface area contributed by atoms with Crippen LogP contribution in [0.1, 0.15) is 22.1 Å². The van der Waals surface area contributed by atoms with Crippen molar-refractivity contribution in [2.24, 2.45) is 0 Å². The molecule has 1 aliphatic heterocycles. The Bertz CT molecular complexity index is 609. The lowest BCUT2D eigenvalue weighted by atomic mass is 10.0. The molecule has 0 fully saturated rings. The summed E-state index contributed by atoms with van der Waals surface area (Å²) >= 11 is 5.07. The fraction of sp³-hybridized carbons (Fsp3) is 0.286. The number of aliphatic hydroxyl groups is 1. The first kappa shape index (κ1) is 13.0. The Hall–Kier alpha value is -1.04. The van der Waals surface area contributed by atoms with Gasteiger partial charge in [0.15, 0.2) is 11.5 Å². The molecule has 1 aromatic heterocycles. The maximum Gasteiger partial charge on any atom is 0.161 e. The highest BCUT2D eigenvalue weighted by molar-refractivity contribution is 9.11. The van der Waals surface area contributed by atoms with Crippen LogP contribution in [0.5, 0.6) is 11.5 Å². The summed E-state index contributed by atoms with van der Waals surface area (Å²) in [6.45, 7) is 3.13. The fourth-order valence-corrected chi connectivity index (χ4v) is 3.88. The van der Waals surface area contributed by atoms with Crippen LogP contribution in [-0.4, -0.2) is 18.3 Å². The molecule has 1 aromatic carbocycles. The predicted octanol–water partition coefficient (Wildman–Crippen LogP) is 3.67. The summed E-state index contributed by atoms with van der Waals surface area (Å²) < 4.78 is 12.0. The summed E-state index contributed by atoms with van der Waals surface area (Å²) in [5.41, 5.74) is 1.74. The second kappa shape index (κ2) is 5.15. The van der Waals surface area contributed by atoms with E-state index in [1.165, 1.54) is 0 Å². The van der Waals surface area contributed by atoms with Gasteiger partial charge in [-0.15, -0.1) is 11.3 Å². The lowest BCUT2D eigenvalue weighted by Gasteiger charge is -2.20. The van der Waals surface area contributed by atoms with Gasteiger partial charge in [-0.05, 0) is 52.2 Å². The highest BCUT2D eigenvalue weighted by Crippen LogP contribution is 2.37. The molecule has 0 bridgehead atoms. The molecule has 0 radical (unpaired) electrons. The second-order valence-electron chi connectivity index (χ2n) is 4.37. The van der Waals surface area contributed by atoms with Gasteiger partial charge in [0.25, 0.3) is 0 Å². The third kappa shape index (κ3) is 2.50. The molecule has 3 rings (SSSR count). The van der Waals surface area contributed by atoms with E-state index in [-0.39, 0.29) is 0 Å². The topological polar surface area (TPSA) is 38.7 Å². The Balaban J connectivity index is 1.95. The molecule has 1 aliphatic rings. The second-order valence-corrected chi connectivity index (χ2v) is 7.00. The number of aryl methyl sites for hydroxylation is 1. The number of fused-ring (bicyclic) bond motifs is 1. The molecular weight excluding hydrogens is 328 g/mol. The van der Waals surface area contributed by atoms with E-state index >= 15 is 0 Å². The number of hydrogen-bond donors (Lipinski definition) is 1. The van der Waals surface area contributed by atoms with Gasteiger partial charge in [-0.3, -0.25) is 0 Å². The van der Waals surface area contributed by atoms with E-state index in [2.05, 4.69) is 15.9 Å². The molecule has 100 valence electrons. The summed E-state index contributed by atoms with van der Waals surface area (Å²) in [6.07, 6.45) is -0.640. The molecule has 0 saturated heterocycles. The van der Waals surface area contributed by atoms with Gasteiger partial charge in [0, 0.05) is 4.88 Å². The Labute approximate surface area is 123 Å². The molecule has 3 nitrogen and oxygen atoms in total. The van der Waals surface area contributed by atoms with Gasteiger partial charge >= 0.3 is 0 Å². The fourth-order valence-electron chi connectivity index (χ4n) is 2.14. The lowest BCUT2D eigenvalue weighted by Crippen LogP contribution is -2.15. The average Bonchev–Trinajstić information content (AvgIpc) is 2.76. The first-order valence-corrected chi connectivity index (χ1v) is 7.59. The number of aliphatic hydroxyl groups excluding tert-OH is 1. The molecule has 0 saturated carbocycles. The van der Waals surface area contributed by atoms with Crippen molar-refractivity contribution in [1.82, 2.24) is 0 Å². The van der Waals surface area contributed by atoms with Crippen LogP contribution >= 0.6 is 27.3 Å². The summed E-state index contributed by atoms with van der Waals surface area (Å²) in [7, 11) is 0. The zero-order valence-electron chi connectivity index (χ0n) is 10.4. The van der Waals surface area contributed by atoms with Crippen molar-refractivity contribution in [1.29, 1.82) is 0 Å². The van der Waals surface area contributed by atoms with Gasteiger partial charge in [-0.25, -0.2) is 0 Å². The van der Waals surface area contributed by atoms with Gasteiger partial charge < -0.3 is 14.6 Å². The summed E-state index contributed by atoms with van der Waals surface area (Å²) in [5.74, 6) is 1.44. The standard InChI is InChI=1S/C14H13BrO3S/c1-8-10(7-13(15)19-8)14(16)9-2-3-11-12(6-9)18-5-4-17-11/h2-3,6-7,14,16H,4-5H2,1H3. The molecule has 2 aromatic rings. The van der Waals surface area contributed by atoms with Gasteiger partial charge in [0.2, 0.25) is 0 Å². The third-order valence-electron chi connectivity index (χ3n) is 3.10. The van der Waals surface area contributed by atoms with Crippen LogP contribution in [0, 0.1) is 6.92 Å². The van der Waals surface area contributed by atoms with E-state index in [9.17, 15) is 5.11 Å². The molecule has 1 atom stereocenters.